The molecule has 0 spiro atoms. The predicted octanol–water partition coefficient (Wildman–Crippen LogP) is 1.49. The maximum absolute atomic E-state index is 12.0. The topological polar surface area (TPSA) is 77.2 Å². The number of carbonyl (C=O) groups is 1. The lowest BCUT2D eigenvalue weighted by molar-refractivity contribution is -0.126. The van der Waals surface area contributed by atoms with Gasteiger partial charge < -0.3 is 15.8 Å². The first-order valence-electron chi connectivity index (χ1n) is 5.89. The first kappa shape index (κ1) is 13.3. The van der Waals surface area contributed by atoms with Gasteiger partial charge in [-0.1, -0.05) is 11.6 Å². The summed E-state index contributed by atoms with van der Waals surface area (Å²) in [4.78, 5) is 16.0. The summed E-state index contributed by atoms with van der Waals surface area (Å²) in [7, 11) is 0. The van der Waals surface area contributed by atoms with Crippen LogP contribution < -0.4 is 11.1 Å². The van der Waals surface area contributed by atoms with Crippen LogP contribution >= 0.6 is 11.6 Å². The minimum Gasteiger partial charge on any atom is -0.364 e. The molecular weight excluding hydrogens is 254 g/mol. The van der Waals surface area contributed by atoms with Crippen LogP contribution in [0.2, 0.25) is 5.15 Å². The fraction of sp³-hybridized carbons (Fsp3) is 0.500. The average molecular weight is 270 g/mol. The quantitative estimate of drug-likeness (QED) is 0.815. The van der Waals surface area contributed by atoms with Crippen molar-refractivity contribution < 1.29 is 9.53 Å². The monoisotopic (exact) mass is 269 g/mol. The van der Waals surface area contributed by atoms with Crippen molar-refractivity contribution in [2.75, 3.05) is 11.9 Å². The summed E-state index contributed by atoms with van der Waals surface area (Å²) in [5.41, 5.74) is 6.93. The van der Waals surface area contributed by atoms with Crippen LogP contribution in [0.5, 0.6) is 0 Å². The number of halogens is 1. The van der Waals surface area contributed by atoms with Crippen LogP contribution in [0.1, 0.15) is 18.4 Å². The molecule has 1 amide bonds. The summed E-state index contributed by atoms with van der Waals surface area (Å²) in [6, 6.07) is 1.79. The molecule has 2 rings (SSSR count). The second-order valence-corrected chi connectivity index (χ2v) is 4.70. The maximum atomic E-state index is 12.0. The summed E-state index contributed by atoms with van der Waals surface area (Å²) in [5.74, 6) is -0.191. The molecular formula is C12H16ClN3O2. The number of carbonyl (C=O) groups excluding carboxylic acids is 1. The standard InChI is InChI=1S/C12H16ClN3O2/c1-7-4-5-15-11(13)10(7)16-12(17)9-3-2-8(6-14)18-9/h4-5,8-9H,2-3,6,14H2,1H3,(H,16,17). The van der Waals surface area contributed by atoms with Crippen molar-refractivity contribution in [3.63, 3.8) is 0 Å². The average Bonchev–Trinajstić information content (AvgIpc) is 2.82. The largest absolute Gasteiger partial charge is 0.364 e. The lowest BCUT2D eigenvalue weighted by Gasteiger charge is -2.14. The van der Waals surface area contributed by atoms with Gasteiger partial charge in [-0.05, 0) is 31.4 Å². The Morgan fingerprint density at radius 2 is 2.44 bits per heavy atom. The van der Waals surface area contributed by atoms with Crippen molar-refractivity contribution in [2.45, 2.75) is 32.0 Å². The number of ether oxygens (including phenoxy) is 1. The summed E-state index contributed by atoms with van der Waals surface area (Å²) in [5, 5.41) is 3.05. The van der Waals surface area contributed by atoms with Crippen molar-refractivity contribution in [2.24, 2.45) is 5.73 Å². The van der Waals surface area contributed by atoms with Gasteiger partial charge in [0.15, 0.2) is 5.15 Å². The Hall–Kier alpha value is -1.17. The van der Waals surface area contributed by atoms with Crippen molar-refractivity contribution in [1.82, 2.24) is 4.98 Å². The first-order valence-corrected chi connectivity index (χ1v) is 6.27. The minimum absolute atomic E-state index is 0.0220. The van der Waals surface area contributed by atoms with E-state index in [2.05, 4.69) is 10.3 Å². The van der Waals surface area contributed by atoms with E-state index < -0.39 is 6.10 Å². The van der Waals surface area contributed by atoms with E-state index in [1.165, 1.54) is 0 Å². The Morgan fingerprint density at radius 1 is 1.67 bits per heavy atom. The van der Waals surface area contributed by atoms with E-state index in [1.54, 1.807) is 12.3 Å². The molecule has 1 aliphatic heterocycles. The second-order valence-electron chi connectivity index (χ2n) is 4.34. The maximum Gasteiger partial charge on any atom is 0.253 e. The van der Waals surface area contributed by atoms with Crippen LogP contribution in [0.4, 0.5) is 5.69 Å². The second kappa shape index (κ2) is 5.65. The fourth-order valence-electron chi connectivity index (χ4n) is 1.95. The van der Waals surface area contributed by atoms with Crippen LogP contribution in [-0.2, 0) is 9.53 Å². The Labute approximate surface area is 111 Å². The van der Waals surface area contributed by atoms with Crippen LogP contribution in [0.25, 0.3) is 0 Å². The van der Waals surface area contributed by atoms with Gasteiger partial charge in [0.05, 0.1) is 11.8 Å². The summed E-state index contributed by atoms with van der Waals surface area (Å²) >= 11 is 5.95. The molecule has 18 heavy (non-hydrogen) atoms. The van der Waals surface area contributed by atoms with Crippen molar-refractivity contribution in [3.05, 3.63) is 23.0 Å². The number of nitrogens with two attached hydrogens (primary N) is 1. The third-order valence-corrected chi connectivity index (χ3v) is 3.31. The number of hydrogen-bond donors (Lipinski definition) is 2. The Bertz CT molecular complexity index is 433. The van der Waals surface area contributed by atoms with Crippen molar-refractivity contribution in [3.8, 4) is 0 Å². The third-order valence-electron chi connectivity index (χ3n) is 3.02. The number of pyridine rings is 1. The summed E-state index contributed by atoms with van der Waals surface area (Å²) in [6.07, 6.45) is 2.63. The van der Waals surface area contributed by atoms with Gasteiger partial charge in [0.1, 0.15) is 6.10 Å². The highest BCUT2D eigenvalue weighted by Gasteiger charge is 2.30. The van der Waals surface area contributed by atoms with Crippen LogP contribution in [-0.4, -0.2) is 29.6 Å². The van der Waals surface area contributed by atoms with Gasteiger partial charge in [-0.15, -0.1) is 0 Å². The van der Waals surface area contributed by atoms with E-state index in [4.69, 9.17) is 22.1 Å². The number of anilines is 1. The molecule has 5 nitrogen and oxygen atoms in total. The Balaban J connectivity index is 2.04. The molecule has 0 bridgehead atoms. The molecule has 1 saturated heterocycles. The highest BCUT2D eigenvalue weighted by atomic mass is 35.5. The first-order chi connectivity index (χ1) is 8.61. The molecule has 2 heterocycles. The predicted molar refractivity (Wildman–Crippen MR) is 69.6 cm³/mol. The lowest BCUT2D eigenvalue weighted by Crippen LogP contribution is -2.30. The van der Waals surface area contributed by atoms with Crippen LogP contribution in [0.3, 0.4) is 0 Å². The number of hydrogen-bond acceptors (Lipinski definition) is 4. The molecule has 1 fully saturated rings. The molecule has 2 unspecified atom stereocenters. The normalized spacial score (nSPS) is 23.1. The molecule has 0 radical (unpaired) electrons. The van der Waals surface area contributed by atoms with Crippen molar-refractivity contribution in [1.29, 1.82) is 0 Å². The molecule has 1 aromatic rings. The van der Waals surface area contributed by atoms with Crippen LogP contribution in [0.15, 0.2) is 12.3 Å². The number of aromatic nitrogens is 1. The SMILES string of the molecule is Cc1ccnc(Cl)c1NC(=O)C1CCC(CN)O1. The number of nitrogens with zero attached hydrogens (tertiary/aromatic N) is 1. The smallest absolute Gasteiger partial charge is 0.253 e. The zero-order valence-electron chi connectivity index (χ0n) is 10.1. The van der Waals surface area contributed by atoms with Crippen molar-refractivity contribution >= 4 is 23.2 Å². The van der Waals surface area contributed by atoms with E-state index >= 15 is 0 Å². The molecule has 2 atom stereocenters. The number of amides is 1. The fourth-order valence-corrected chi connectivity index (χ4v) is 2.20. The highest BCUT2D eigenvalue weighted by molar-refractivity contribution is 6.32. The summed E-state index contributed by atoms with van der Waals surface area (Å²) in [6.45, 7) is 2.30. The third kappa shape index (κ3) is 2.80. The van der Waals surface area contributed by atoms with Gasteiger partial charge in [0.2, 0.25) is 0 Å². The lowest BCUT2D eigenvalue weighted by atomic mass is 10.2. The number of rotatable bonds is 3. The van der Waals surface area contributed by atoms with E-state index in [9.17, 15) is 4.79 Å². The van der Waals surface area contributed by atoms with Gasteiger partial charge in [-0.3, -0.25) is 4.79 Å². The van der Waals surface area contributed by atoms with Crippen LogP contribution in [0, 0.1) is 6.92 Å². The van der Waals surface area contributed by atoms with E-state index in [-0.39, 0.29) is 17.2 Å². The number of aryl methyl sites for hydroxylation is 1. The molecule has 3 N–H and O–H groups in total. The van der Waals surface area contributed by atoms with Gasteiger partial charge in [-0.25, -0.2) is 4.98 Å². The van der Waals surface area contributed by atoms with Gasteiger partial charge in [-0.2, -0.15) is 0 Å². The molecule has 0 aliphatic carbocycles. The Morgan fingerprint density at radius 3 is 3.06 bits per heavy atom. The van der Waals surface area contributed by atoms with E-state index in [0.717, 1.165) is 12.0 Å². The molecule has 0 saturated carbocycles. The molecule has 98 valence electrons. The van der Waals surface area contributed by atoms with Gasteiger partial charge in [0, 0.05) is 12.7 Å². The highest BCUT2D eigenvalue weighted by Crippen LogP contribution is 2.25. The Kier molecular flexibility index (Phi) is 4.16. The van der Waals surface area contributed by atoms with Gasteiger partial charge >= 0.3 is 0 Å². The molecule has 0 aromatic carbocycles. The number of nitrogens with one attached hydrogen (secondary N) is 1. The molecule has 1 aromatic heterocycles. The van der Waals surface area contributed by atoms with E-state index in [0.29, 0.717) is 18.7 Å². The zero-order chi connectivity index (χ0) is 13.1. The molecule has 6 heteroatoms. The summed E-state index contributed by atoms with van der Waals surface area (Å²) < 4.78 is 5.52. The van der Waals surface area contributed by atoms with E-state index in [1.807, 2.05) is 6.92 Å². The minimum atomic E-state index is -0.450. The molecule has 1 aliphatic rings. The van der Waals surface area contributed by atoms with Gasteiger partial charge in [0.25, 0.3) is 5.91 Å². The zero-order valence-corrected chi connectivity index (χ0v) is 10.9.